The number of hydrogen-bond donors (Lipinski definition) is 3. The molecule has 0 radical (unpaired) electrons. The summed E-state index contributed by atoms with van der Waals surface area (Å²) in [5.41, 5.74) is 9.07. The number of nitrogens with one attached hydrogen (secondary N) is 2. The minimum absolute atomic E-state index is 0.0877. The molecule has 0 saturated heterocycles. The molecule has 0 bridgehead atoms. The summed E-state index contributed by atoms with van der Waals surface area (Å²) in [4.78, 5) is 24.1. The second-order valence-electron chi connectivity index (χ2n) is 8.76. The first-order chi connectivity index (χ1) is 17.7. The van der Waals surface area contributed by atoms with E-state index in [1.165, 1.54) is 31.5 Å². The van der Waals surface area contributed by atoms with Gasteiger partial charge in [0, 0.05) is 31.9 Å². The number of carbonyl (C=O) groups excluding carboxylic acids is 2. The zero-order chi connectivity index (χ0) is 26.5. The Kier molecular flexibility index (Phi) is 7.45. The Balaban J connectivity index is 1.58. The van der Waals surface area contributed by atoms with Crippen molar-refractivity contribution in [3.63, 3.8) is 0 Å². The van der Waals surface area contributed by atoms with Crippen LogP contribution in [0, 0.1) is 0 Å². The van der Waals surface area contributed by atoms with E-state index in [1.54, 1.807) is 42.5 Å². The fourth-order valence-electron chi connectivity index (χ4n) is 4.10. The summed E-state index contributed by atoms with van der Waals surface area (Å²) in [5, 5.41) is 5.38. The number of para-hydroxylation sites is 2. The van der Waals surface area contributed by atoms with Crippen molar-refractivity contribution in [1.82, 2.24) is 9.29 Å². The van der Waals surface area contributed by atoms with E-state index in [1.807, 2.05) is 36.4 Å². The molecule has 37 heavy (non-hydrogen) atoms. The lowest BCUT2D eigenvalue weighted by Gasteiger charge is -2.33. The van der Waals surface area contributed by atoms with Gasteiger partial charge in [-0.1, -0.05) is 60.7 Å². The zero-order valence-electron chi connectivity index (χ0n) is 20.3. The first kappa shape index (κ1) is 25.7. The molecule has 1 unspecified atom stereocenters. The molecule has 0 saturated carbocycles. The van der Waals surface area contributed by atoms with Gasteiger partial charge in [-0.3, -0.25) is 13.6 Å². The summed E-state index contributed by atoms with van der Waals surface area (Å²) in [6.07, 6.45) is 11.1. The molecule has 4 N–H and O–H groups in total. The Bertz CT molecular complexity index is 1500. The molecule has 2 aromatic carbocycles. The molecular weight excluding hydrogens is 488 g/mol. The molecule has 3 aromatic rings. The van der Waals surface area contributed by atoms with Gasteiger partial charge >= 0.3 is 0 Å². The van der Waals surface area contributed by atoms with E-state index >= 15 is 0 Å². The summed E-state index contributed by atoms with van der Waals surface area (Å²) >= 11 is 0. The molecule has 1 aromatic heterocycles. The summed E-state index contributed by atoms with van der Waals surface area (Å²) in [5.74, 6) is -0.719. The number of nitrogens with zero attached hydrogens (tertiary/aromatic N) is 1. The highest BCUT2D eigenvalue weighted by Gasteiger charge is 2.44. The Morgan fingerprint density at radius 2 is 1.81 bits per heavy atom. The van der Waals surface area contributed by atoms with Crippen LogP contribution in [0.25, 0.3) is 11.6 Å². The zero-order valence-corrected chi connectivity index (χ0v) is 21.1. The van der Waals surface area contributed by atoms with E-state index in [4.69, 9.17) is 5.73 Å². The van der Waals surface area contributed by atoms with Gasteiger partial charge in [-0.25, -0.2) is 8.42 Å². The van der Waals surface area contributed by atoms with Gasteiger partial charge in [0.2, 0.25) is 21.8 Å². The number of allylic oxidation sites excluding steroid dienone is 3. The van der Waals surface area contributed by atoms with Gasteiger partial charge in [-0.15, -0.1) is 0 Å². The molecular formula is C28H28N4O4S. The number of hydrogen-bond acceptors (Lipinski definition) is 5. The quantitative estimate of drug-likeness (QED) is 0.310. The van der Waals surface area contributed by atoms with Crippen LogP contribution in [0.2, 0.25) is 0 Å². The van der Waals surface area contributed by atoms with E-state index in [-0.39, 0.29) is 18.9 Å². The molecule has 1 heterocycles. The Labute approximate surface area is 216 Å². The second kappa shape index (κ2) is 10.7. The highest BCUT2D eigenvalue weighted by atomic mass is 32.2. The van der Waals surface area contributed by atoms with E-state index in [2.05, 4.69) is 10.6 Å². The first-order valence-electron chi connectivity index (χ1n) is 11.7. The maximum atomic E-state index is 13.9. The summed E-state index contributed by atoms with van der Waals surface area (Å²) in [6.45, 7) is 1.27. The van der Waals surface area contributed by atoms with Crippen LogP contribution in [-0.2, 0) is 19.6 Å². The number of benzene rings is 2. The fraction of sp³-hybridized carbons (Fsp3) is 0.143. The fourth-order valence-corrected chi connectivity index (χ4v) is 5.85. The molecule has 8 nitrogen and oxygen atoms in total. The van der Waals surface area contributed by atoms with Gasteiger partial charge in [-0.05, 0) is 47.4 Å². The predicted molar refractivity (Wildman–Crippen MR) is 147 cm³/mol. The number of rotatable bonds is 8. The van der Waals surface area contributed by atoms with Gasteiger partial charge in [0.1, 0.15) is 4.75 Å². The Morgan fingerprint density at radius 1 is 1.08 bits per heavy atom. The van der Waals surface area contributed by atoms with Crippen molar-refractivity contribution in [3.05, 3.63) is 108 Å². The lowest BCUT2D eigenvalue weighted by Crippen LogP contribution is -2.50. The number of anilines is 2. The molecule has 2 amide bonds. The number of nitrogen functional groups attached to an aromatic ring is 1. The number of amides is 2. The van der Waals surface area contributed by atoms with E-state index in [0.717, 1.165) is 15.1 Å². The van der Waals surface area contributed by atoms with Crippen molar-refractivity contribution in [3.8, 4) is 0 Å². The third-order valence-electron chi connectivity index (χ3n) is 6.10. The van der Waals surface area contributed by atoms with Crippen molar-refractivity contribution in [2.24, 2.45) is 0 Å². The van der Waals surface area contributed by atoms with Crippen LogP contribution < -0.4 is 16.4 Å². The normalized spacial score (nSPS) is 17.4. The average Bonchev–Trinajstić information content (AvgIpc) is 3.38. The van der Waals surface area contributed by atoms with Crippen LogP contribution in [-0.4, -0.2) is 35.5 Å². The van der Waals surface area contributed by atoms with E-state index < -0.39 is 20.7 Å². The topological polar surface area (TPSA) is 123 Å². The van der Waals surface area contributed by atoms with Gasteiger partial charge in [0.15, 0.2) is 0 Å². The maximum Gasteiger partial charge on any atom is 0.249 e. The lowest BCUT2D eigenvalue weighted by molar-refractivity contribution is -0.119. The van der Waals surface area contributed by atoms with Crippen LogP contribution in [0.15, 0.2) is 97.4 Å². The van der Waals surface area contributed by atoms with Crippen LogP contribution in [0.3, 0.4) is 0 Å². The van der Waals surface area contributed by atoms with E-state index in [9.17, 15) is 18.0 Å². The van der Waals surface area contributed by atoms with Crippen molar-refractivity contribution in [1.29, 1.82) is 0 Å². The Morgan fingerprint density at radius 3 is 2.54 bits per heavy atom. The number of aromatic nitrogens is 1. The molecule has 0 spiro atoms. The molecule has 1 atom stereocenters. The second-order valence-corrected chi connectivity index (χ2v) is 10.9. The van der Waals surface area contributed by atoms with Crippen molar-refractivity contribution < 1.29 is 18.0 Å². The first-order valence-corrected chi connectivity index (χ1v) is 13.1. The minimum atomic E-state index is -4.01. The molecule has 0 aliphatic heterocycles. The lowest BCUT2D eigenvalue weighted by atomic mass is 9.89. The smallest absolute Gasteiger partial charge is 0.249 e. The standard InChI is InChI=1S/C28H28N4O4S/c1-21(33)30-20-28(16-7-10-24(18-28)23-8-3-2-4-9-23)37(35,36)32-17-15-22(19-32)13-14-27(34)31-26-12-6-5-11-25(26)29/h2-17,19H,18,20,29H2,1H3,(H,30,33)(H,31,34)/b14-13+. The van der Waals surface area contributed by atoms with Crippen molar-refractivity contribution in [2.45, 2.75) is 18.1 Å². The Hall–Kier alpha value is -4.37. The van der Waals surface area contributed by atoms with Gasteiger partial charge < -0.3 is 16.4 Å². The highest BCUT2D eigenvalue weighted by Crippen LogP contribution is 2.36. The monoisotopic (exact) mass is 516 g/mol. The molecule has 1 aliphatic rings. The third-order valence-corrected chi connectivity index (χ3v) is 8.33. The SMILES string of the molecule is CC(=O)NCC1(S(=O)(=O)n2ccc(/C=C/C(=O)Nc3ccccc3N)c2)C=CC=C(c2ccccc2)C1. The van der Waals surface area contributed by atoms with Crippen LogP contribution >= 0.6 is 0 Å². The minimum Gasteiger partial charge on any atom is -0.397 e. The summed E-state index contributed by atoms with van der Waals surface area (Å²) in [6, 6.07) is 18.0. The predicted octanol–water partition coefficient (Wildman–Crippen LogP) is 3.82. The highest BCUT2D eigenvalue weighted by molar-refractivity contribution is 7.91. The molecule has 1 aliphatic carbocycles. The van der Waals surface area contributed by atoms with Gasteiger partial charge in [0.05, 0.1) is 11.4 Å². The van der Waals surface area contributed by atoms with Crippen molar-refractivity contribution in [2.75, 3.05) is 17.6 Å². The summed E-state index contributed by atoms with van der Waals surface area (Å²) in [7, 11) is -4.01. The van der Waals surface area contributed by atoms with Crippen LogP contribution in [0.5, 0.6) is 0 Å². The van der Waals surface area contributed by atoms with Crippen LogP contribution in [0.1, 0.15) is 24.5 Å². The van der Waals surface area contributed by atoms with Gasteiger partial charge in [0.25, 0.3) is 0 Å². The molecule has 9 heteroatoms. The largest absolute Gasteiger partial charge is 0.397 e. The van der Waals surface area contributed by atoms with E-state index in [0.29, 0.717) is 16.9 Å². The third kappa shape index (κ3) is 5.73. The maximum absolute atomic E-state index is 13.9. The van der Waals surface area contributed by atoms with Crippen molar-refractivity contribution >= 4 is 44.9 Å². The van der Waals surface area contributed by atoms with Gasteiger partial charge in [-0.2, -0.15) is 0 Å². The van der Waals surface area contributed by atoms with Crippen LogP contribution in [0.4, 0.5) is 11.4 Å². The number of nitrogens with two attached hydrogens (primary N) is 1. The average molecular weight is 517 g/mol. The number of carbonyl (C=O) groups is 2. The molecule has 0 fully saturated rings. The summed E-state index contributed by atoms with van der Waals surface area (Å²) < 4.78 is 27.6. The molecule has 190 valence electrons. The molecule has 4 rings (SSSR count).